The van der Waals surface area contributed by atoms with Gasteiger partial charge in [-0.25, -0.2) is 9.98 Å². The number of amides is 2. The maximum Gasteiger partial charge on any atom is 0.249 e. The van der Waals surface area contributed by atoms with Crippen LogP contribution in [0.4, 0.5) is 11.5 Å². The number of rotatable bonds is 3. The van der Waals surface area contributed by atoms with E-state index in [1.807, 2.05) is 23.1 Å². The van der Waals surface area contributed by atoms with Crippen LogP contribution in [-0.4, -0.2) is 73.1 Å². The summed E-state index contributed by atoms with van der Waals surface area (Å²) in [6.45, 7) is 3.82. The number of anilines is 2. The molecule has 1 aromatic heterocycles. The molecule has 3 aliphatic heterocycles. The minimum Gasteiger partial charge on any atom is -0.486 e. The van der Waals surface area contributed by atoms with Crippen molar-refractivity contribution in [1.29, 1.82) is 0 Å². The number of aromatic nitrogens is 1. The fourth-order valence-corrected chi connectivity index (χ4v) is 3.92. The number of aliphatic imine (C=N–C) groups is 1. The highest BCUT2D eigenvalue weighted by molar-refractivity contribution is 6.06. The molecular formula is C22H24N6O4. The molecule has 0 bridgehead atoms. The van der Waals surface area contributed by atoms with E-state index in [4.69, 9.17) is 9.47 Å². The second-order valence-electron chi connectivity index (χ2n) is 7.73. The first-order valence-corrected chi connectivity index (χ1v) is 10.6. The highest BCUT2D eigenvalue weighted by Gasteiger charge is 2.31. The topological polar surface area (TPSA) is 108 Å². The number of hydrogen-bond acceptors (Lipinski definition) is 8. The van der Waals surface area contributed by atoms with Crippen LogP contribution in [0.15, 0.2) is 47.6 Å². The van der Waals surface area contributed by atoms with Crippen LogP contribution in [0.3, 0.4) is 0 Å². The molecule has 0 unspecified atom stereocenters. The standard InChI is InChI=1S/C22H24N6O4/c29-20-14-16(21(30)24-15-4-5-17-18(13-15)32-12-11-31-17)25-22(26-20)28-9-7-27(8-10-28)19-3-1-2-6-23-19/h1-6,13,16H,7-12,14H2,(H,24,30)(H,25,26,29)/t16-/m0/s1. The van der Waals surface area contributed by atoms with Crippen molar-refractivity contribution in [3.05, 3.63) is 42.6 Å². The monoisotopic (exact) mass is 436 g/mol. The summed E-state index contributed by atoms with van der Waals surface area (Å²) in [5.41, 5.74) is 0.575. The molecule has 0 aliphatic carbocycles. The third kappa shape index (κ3) is 4.29. The smallest absolute Gasteiger partial charge is 0.249 e. The van der Waals surface area contributed by atoms with Crippen LogP contribution in [0.2, 0.25) is 0 Å². The minimum absolute atomic E-state index is 0.00772. The van der Waals surface area contributed by atoms with E-state index in [9.17, 15) is 9.59 Å². The van der Waals surface area contributed by atoms with Crippen molar-refractivity contribution in [2.75, 3.05) is 49.6 Å². The second-order valence-corrected chi connectivity index (χ2v) is 7.73. The fraction of sp³-hybridized carbons (Fsp3) is 0.364. The van der Waals surface area contributed by atoms with E-state index in [0.29, 0.717) is 49.4 Å². The Bertz CT molecular complexity index is 1040. The number of pyridine rings is 1. The van der Waals surface area contributed by atoms with Gasteiger partial charge in [0.25, 0.3) is 0 Å². The number of carbonyl (C=O) groups excluding carboxylic acids is 2. The molecule has 3 aliphatic rings. The summed E-state index contributed by atoms with van der Waals surface area (Å²) in [5, 5.41) is 5.65. The van der Waals surface area contributed by atoms with Gasteiger partial charge in [0.1, 0.15) is 25.1 Å². The number of nitrogens with one attached hydrogen (secondary N) is 2. The minimum atomic E-state index is -0.791. The predicted octanol–water partition coefficient (Wildman–Crippen LogP) is 0.858. The highest BCUT2D eigenvalue weighted by atomic mass is 16.6. The average Bonchev–Trinajstić information content (AvgIpc) is 2.84. The number of nitrogens with zero attached hydrogens (tertiary/aromatic N) is 4. The van der Waals surface area contributed by atoms with E-state index in [-0.39, 0.29) is 18.2 Å². The Morgan fingerprint density at radius 1 is 1.03 bits per heavy atom. The Morgan fingerprint density at radius 2 is 1.81 bits per heavy atom. The van der Waals surface area contributed by atoms with Gasteiger partial charge in [-0.2, -0.15) is 0 Å². The van der Waals surface area contributed by atoms with E-state index in [2.05, 4.69) is 25.5 Å². The molecule has 166 valence electrons. The van der Waals surface area contributed by atoms with Gasteiger partial charge in [-0.15, -0.1) is 0 Å². The van der Waals surface area contributed by atoms with Crippen molar-refractivity contribution in [3.8, 4) is 11.5 Å². The summed E-state index contributed by atoms with van der Waals surface area (Å²) in [4.78, 5) is 38.3. The van der Waals surface area contributed by atoms with E-state index in [0.717, 1.165) is 18.9 Å². The number of carbonyl (C=O) groups is 2. The van der Waals surface area contributed by atoms with Crippen LogP contribution >= 0.6 is 0 Å². The average molecular weight is 436 g/mol. The summed E-state index contributed by atoms with van der Waals surface area (Å²) >= 11 is 0. The lowest BCUT2D eigenvalue weighted by atomic mass is 10.1. The van der Waals surface area contributed by atoms with Gasteiger partial charge in [0.15, 0.2) is 11.5 Å². The van der Waals surface area contributed by atoms with Gasteiger partial charge in [0.2, 0.25) is 17.8 Å². The first-order valence-electron chi connectivity index (χ1n) is 10.6. The molecule has 1 aromatic carbocycles. The Morgan fingerprint density at radius 3 is 2.59 bits per heavy atom. The van der Waals surface area contributed by atoms with Gasteiger partial charge >= 0.3 is 0 Å². The van der Waals surface area contributed by atoms with Crippen molar-refractivity contribution < 1.29 is 19.1 Å². The van der Waals surface area contributed by atoms with E-state index < -0.39 is 6.04 Å². The van der Waals surface area contributed by atoms with Crippen LogP contribution in [-0.2, 0) is 9.59 Å². The highest BCUT2D eigenvalue weighted by Crippen LogP contribution is 2.32. The zero-order chi connectivity index (χ0) is 21.9. The molecule has 32 heavy (non-hydrogen) atoms. The Labute approximate surface area is 185 Å². The largest absolute Gasteiger partial charge is 0.486 e. The molecular weight excluding hydrogens is 412 g/mol. The molecule has 0 radical (unpaired) electrons. The predicted molar refractivity (Wildman–Crippen MR) is 118 cm³/mol. The molecule has 2 N–H and O–H groups in total. The van der Waals surface area contributed by atoms with E-state index >= 15 is 0 Å². The summed E-state index contributed by atoms with van der Waals surface area (Å²) in [6.07, 6.45) is 1.78. The van der Waals surface area contributed by atoms with Gasteiger partial charge in [0.05, 0.1) is 6.42 Å². The molecule has 10 nitrogen and oxygen atoms in total. The SMILES string of the molecule is O=C1C[C@@H](C(=O)Nc2ccc3c(c2)OCCO3)N=C(N2CCN(c3ccccn3)CC2)N1. The molecule has 4 heterocycles. The Balaban J connectivity index is 1.24. The second kappa shape index (κ2) is 8.74. The Kier molecular flexibility index (Phi) is 5.49. The molecule has 10 heteroatoms. The lowest BCUT2D eigenvalue weighted by Gasteiger charge is -2.38. The van der Waals surface area contributed by atoms with E-state index in [1.54, 1.807) is 24.4 Å². The quantitative estimate of drug-likeness (QED) is 0.735. The Hall–Kier alpha value is -3.82. The molecule has 0 saturated carbocycles. The molecule has 1 atom stereocenters. The third-order valence-corrected chi connectivity index (χ3v) is 5.57. The number of piperazine rings is 1. The van der Waals surface area contributed by atoms with Gasteiger partial charge in [0, 0.05) is 44.1 Å². The van der Waals surface area contributed by atoms with Crippen LogP contribution in [0.1, 0.15) is 6.42 Å². The first kappa shape index (κ1) is 20.1. The third-order valence-electron chi connectivity index (χ3n) is 5.57. The number of hydrogen-bond donors (Lipinski definition) is 2. The van der Waals surface area contributed by atoms with Gasteiger partial charge < -0.3 is 24.6 Å². The summed E-state index contributed by atoms with van der Waals surface area (Å²) in [6, 6.07) is 10.3. The van der Waals surface area contributed by atoms with Crippen LogP contribution < -0.4 is 25.0 Å². The first-order chi connectivity index (χ1) is 15.7. The summed E-state index contributed by atoms with van der Waals surface area (Å²) < 4.78 is 11.1. The van der Waals surface area contributed by atoms with Crippen LogP contribution in [0.25, 0.3) is 0 Å². The molecule has 1 fully saturated rings. The molecule has 0 spiro atoms. The van der Waals surface area contributed by atoms with Crippen molar-refractivity contribution in [2.45, 2.75) is 12.5 Å². The number of ether oxygens (including phenoxy) is 2. The van der Waals surface area contributed by atoms with Gasteiger partial charge in [-0.1, -0.05) is 6.07 Å². The summed E-state index contributed by atoms with van der Waals surface area (Å²) in [7, 11) is 0. The maximum atomic E-state index is 12.8. The number of fused-ring (bicyclic) bond motifs is 1. The lowest BCUT2D eigenvalue weighted by Crippen LogP contribution is -2.56. The van der Waals surface area contributed by atoms with Gasteiger partial charge in [-0.3, -0.25) is 14.9 Å². The number of guanidine groups is 1. The van der Waals surface area contributed by atoms with Crippen molar-refractivity contribution in [2.24, 2.45) is 4.99 Å². The van der Waals surface area contributed by atoms with Crippen LogP contribution in [0.5, 0.6) is 11.5 Å². The lowest BCUT2D eigenvalue weighted by molar-refractivity contribution is -0.125. The molecule has 1 saturated heterocycles. The van der Waals surface area contributed by atoms with Crippen LogP contribution in [0, 0.1) is 0 Å². The molecule has 2 amide bonds. The zero-order valence-corrected chi connectivity index (χ0v) is 17.5. The summed E-state index contributed by atoms with van der Waals surface area (Å²) in [5.74, 6) is 2.06. The van der Waals surface area contributed by atoms with Gasteiger partial charge in [-0.05, 0) is 24.3 Å². The molecule has 5 rings (SSSR count). The maximum absolute atomic E-state index is 12.8. The fourth-order valence-electron chi connectivity index (χ4n) is 3.92. The normalized spacial score (nSPS) is 20.3. The van der Waals surface area contributed by atoms with Crippen molar-refractivity contribution in [1.82, 2.24) is 15.2 Å². The number of benzene rings is 1. The van der Waals surface area contributed by atoms with Crippen molar-refractivity contribution >= 4 is 29.3 Å². The van der Waals surface area contributed by atoms with E-state index in [1.165, 1.54) is 0 Å². The zero-order valence-electron chi connectivity index (χ0n) is 17.5. The van der Waals surface area contributed by atoms with Crippen molar-refractivity contribution in [3.63, 3.8) is 0 Å². The molecule has 2 aromatic rings.